The molecule has 6 heteroatoms. The Balaban J connectivity index is 3.35. The van der Waals surface area contributed by atoms with Crippen LogP contribution in [0.1, 0.15) is 5.56 Å². The summed E-state index contributed by atoms with van der Waals surface area (Å²) in [5, 5.41) is 0. The molecule has 0 saturated heterocycles. The Hall–Kier alpha value is -0.110. The number of methoxy groups -OCH3 is 1. The molecule has 0 bridgehead atoms. The molecule has 0 N–H and O–H groups in total. The molecule has 0 atom stereocenters. The summed E-state index contributed by atoms with van der Waals surface area (Å²) in [7, 11) is 1.32. The fourth-order valence-electron chi connectivity index (χ4n) is 0.908. The summed E-state index contributed by atoms with van der Waals surface area (Å²) >= 11 is 5.59. The van der Waals surface area contributed by atoms with E-state index in [2.05, 4.69) is 12.6 Å². The predicted octanol–water partition coefficient (Wildman–Crippen LogP) is 3.61. The first-order valence-corrected chi connectivity index (χ1v) is 5.02. The van der Waals surface area contributed by atoms with Crippen LogP contribution in [0.25, 0.3) is 0 Å². The average Bonchev–Trinajstić information content (AvgIpc) is 2.07. The van der Waals surface area contributed by atoms with E-state index in [4.69, 9.17) is 4.74 Å². The molecule has 0 unspecified atom stereocenters. The van der Waals surface area contributed by atoms with E-state index in [1.165, 1.54) is 13.2 Å². The van der Waals surface area contributed by atoms with E-state index in [1.54, 1.807) is 22.6 Å². The lowest BCUT2D eigenvalue weighted by molar-refractivity contribution is -0.139. The molecule has 78 valence electrons. The third-order valence-electron chi connectivity index (χ3n) is 1.58. The van der Waals surface area contributed by atoms with Gasteiger partial charge in [0.15, 0.2) is 0 Å². The summed E-state index contributed by atoms with van der Waals surface area (Å²) < 4.78 is 42.5. The van der Waals surface area contributed by atoms with Crippen molar-refractivity contribution in [1.82, 2.24) is 0 Å². The largest absolute Gasteiger partial charge is 0.497 e. The minimum Gasteiger partial charge on any atom is -0.497 e. The number of rotatable bonds is 1. The molecule has 0 saturated carbocycles. The molecule has 1 nitrogen and oxygen atoms in total. The zero-order chi connectivity index (χ0) is 10.9. The highest BCUT2D eigenvalue weighted by Crippen LogP contribution is 2.38. The lowest BCUT2D eigenvalue weighted by Gasteiger charge is -2.12. The second-order valence-electron chi connectivity index (χ2n) is 2.50. The first-order chi connectivity index (χ1) is 6.36. The fraction of sp³-hybridized carbons (Fsp3) is 0.250. The molecule has 0 aliphatic carbocycles. The highest BCUT2D eigenvalue weighted by Gasteiger charge is 2.34. The smallest absolute Gasteiger partial charge is 0.417 e. The van der Waals surface area contributed by atoms with Gasteiger partial charge in [-0.3, -0.25) is 0 Å². The van der Waals surface area contributed by atoms with Crippen molar-refractivity contribution in [1.29, 1.82) is 0 Å². The van der Waals surface area contributed by atoms with Crippen molar-refractivity contribution in [2.75, 3.05) is 7.11 Å². The van der Waals surface area contributed by atoms with Crippen LogP contribution in [0.5, 0.6) is 5.75 Å². The molecule has 0 spiro atoms. The van der Waals surface area contributed by atoms with Crippen LogP contribution in [0, 0.1) is 3.57 Å². The molecule has 0 aliphatic heterocycles. The fourth-order valence-corrected chi connectivity index (χ4v) is 1.76. The third-order valence-corrected chi connectivity index (χ3v) is 3.34. The van der Waals surface area contributed by atoms with Crippen molar-refractivity contribution in [2.45, 2.75) is 11.1 Å². The maximum absolute atomic E-state index is 12.4. The Morgan fingerprint density at radius 1 is 1.36 bits per heavy atom. The van der Waals surface area contributed by atoms with E-state index in [1.807, 2.05) is 0 Å². The van der Waals surface area contributed by atoms with Gasteiger partial charge in [-0.15, -0.1) is 12.6 Å². The lowest BCUT2D eigenvalue weighted by Crippen LogP contribution is -2.07. The Morgan fingerprint density at radius 2 is 1.93 bits per heavy atom. The number of thiol groups is 1. The molecule has 1 aromatic rings. The minimum atomic E-state index is -4.40. The van der Waals surface area contributed by atoms with Gasteiger partial charge in [0.25, 0.3) is 0 Å². The minimum absolute atomic E-state index is 0.0705. The molecular formula is C8H6F3IOS. The van der Waals surface area contributed by atoms with Crippen LogP contribution in [-0.2, 0) is 6.18 Å². The Morgan fingerprint density at radius 3 is 2.36 bits per heavy atom. The van der Waals surface area contributed by atoms with Gasteiger partial charge in [-0.05, 0) is 34.7 Å². The van der Waals surface area contributed by atoms with Crippen molar-refractivity contribution < 1.29 is 17.9 Å². The van der Waals surface area contributed by atoms with Gasteiger partial charge in [0.2, 0.25) is 0 Å². The first kappa shape index (κ1) is 12.0. The van der Waals surface area contributed by atoms with Gasteiger partial charge >= 0.3 is 6.18 Å². The normalized spacial score (nSPS) is 11.6. The van der Waals surface area contributed by atoms with Crippen molar-refractivity contribution in [3.8, 4) is 5.75 Å². The van der Waals surface area contributed by atoms with Gasteiger partial charge in [0.1, 0.15) is 5.75 Å². The maximum Gasteiger partial charge on any atom is 0.417 e. The Kier molecular flexibility index (Phi) is 3.57. The topological polar surface area (TPSA) is 9.23 Å². The predicted molar refractivity (Wildman–Crippen MR) is 58.0 cm³/mol. The van der Waals surface area contributed by atoms with Crippen LogP contribution < -0.4 is 4.74 Å². The molecule has 0 fully saturated rings. The summed E-state index contributed by atoms with van der Waals surface area (Å²) in [4.78, 5) is -0.0705. The molecule has 0 radical (unpaired) electrons. The van der Waals surface area contributed by atoms with E-state index >= 15 is 0 Å². The van der Waals surface area contributed by atoms with Crippen LogP contribution in [0.4, 0.5) is 13.2 Å². The highest BCUT2D eigenvalue weighted by molar-refractivity contribution is 14.1. The zero-order valence-electron chi connectivity index (χ0n) is 7.02. The number of hydrogen-bond acceptors (Lipinski definition) is 2. The van der Waals surface area contributed by atoms with E-state index in [0.717, 1.165) is 6.07 Å². The van der Waals surface area contributed by atoms with E-state index in [9.17, 15) is 13.2 Å². The summed E-state index contributed by atoms with van der Waals surface area (Å²) in [5.74, 6) is 0.180. The van der Waals surface area contributed by atoms with Crippen LogP contribution in [0.2, 0.25) is 0 Å². The summed E-state index contributed by atoms with van der Waals surface area (Å²) in [6, 6.07) is 2.43. The van der Waals surface area contributed by atoms with E-state index in [-0.39, 0.29) is 10.6 Å². The highest BCUT2D eigenvalue weighted by atomic mass is 127. The standard InChI is InChI=1S/C8H6F3IOS/c1-13-4-2-5(8(9,10)11)7(14)6(12)3-4/h2-3,14H,1H3. The number of hydrogen-bond donors (Lipinski definition) is 1. The van der Waals surface area contributed by atoms with E-state index in [0.29, 0.717) is 3.57 Å². The summed E-state index contributed by atoms with van der Waals surface area (Å²) in [6.07, 6.45) is -4.40. The molecule has 1 aromatic carbocycles. The number of halogens is 4. The summed E-state index contributed by atoms with van der Waals surface area (Å²) in [5.41, 5.74) is -0.774. The van der Waals surface area contributed by atoms with Gasteiger partial charge in [0.05, 0.1) is 12.7 Å². The molecule has 0 heterocycles. The second-order valence-corrected chi connectivity index (χ2v) is 4.11. The monoisotopic (exact) mass is 334 g/mol. The van der Waals surface area contributed by atoms with Crippen molar-refractivity contribution in [3.63, 3.8) is 0 Å². The Bertz CT molecular complexity index is 351. The average molecular weight is 334 g/mol. The number of alkyl halides is 3. The van der Waals surface area contributed by atoms with Crippen molar-refractivity contribution >= 4 is 35.2 Å². The van der Waals surface area contributed by atoms with Crippen LogP contribution >= 0.6 is 35.2 Å². The molecule has 0 aromatic heterocycles. The first-order valence-electron chi connectivity index (χ1n) is 3.50. The molecule has 0 amide bonds. The molecule has 1 rings (SSSR count). The lowest BCUT2D eigenvalue weighted by atomic mass is 10.2. The Labute approximate surface area is 98.2 Å². The quantitative estimate of drug-likeness (QED) is 0.610. The number of ether oxygens (including phenoxy) is 1. The molecule has 0 aliphatic rings. The van der Waals surface area contributed by atoms with Gasteiger partial charge < -0.3 is 4.74 Å². The van der Waals surface area contributed by atoms with E-state index < -0.39 is 11.7 Å². The second kappa shape index (κ2) is 4.18. The van der Waals surface area contributed by atoms with Crippen molar-refractivity contribution in [3.05, 3.63) is 21.3 Å². The van der Waals surface area contributed by atoms with Crippen LogP contribution in [0.3, 0.4) is 0 Å². The van der Waals surface area contributed by atoms with Gasteiger partial charge in [0, 0.05) is 8.47 Å². The summed E-state index contributed by atoms with van der Waals surface area (Å²) in [6.45, 7) is 0. The molecule has 14 heavy (non-hydrogen) atoms. The SMILES string of the molecule is COc1cc(I)c(S)c(C(F)(F)F)c1. The van der Waals surface area contributed by atoms with Gasteiger partial charge in [-0.2, -0.15) is 13.2 Å². The third kappa shape index (κ3) is 2.47. The van der Waals surface area contributed by atoms with Crippen LogP contribution in [-0.4, -0.2) is 7.11 Å². The van der Waals surface area contributed by atoms with Crippen molar-refractivity contribution in [2.24, 2.45) is 0 Å². The van der Waals surface area contributed by atoms with Gasteiger partial charge in [-0.25, -0.2) is 0 Å². The molecular weight excluding hydrogens is 328 g/mol. The number of benzene rings is 1. The maximum atomic E-state index is 12.4. The zero-order valence-corrected chi connectivity index (χ0v) is 10.1. The van der Waals surface area contributed by atoms with Gasteiger partial charge in [-0.1, -0.05) is 0 Å². The van der Waals surface area contributed by atoms with Crippen LogP contribution in [0.15, 0.2) is 17.0 Å².